The van der Waals surface area contributed by atoms with Gasteiger partial charge in [-0.1, -0.05) is 75.2 Å². The van der Waals surface area contributed by atoms with Crippen molar-refractivity contribution in [2.45, 2.75) is 69.6 Å². The molecule has 3 heterocycles. The van der Waals surface area contributed by atoms with Gasteiger partial charge in [0.2, 0.25) is 5.60 Å². The van der Waals surface area contributed by atoms with Crippen molar-refractivity contribution in [2.75, 3.05) is 18.9 Å². The van der Waals surface area contributed by atoms with Gasteiger partial charge >= 0.3 is 19.7 Å². The van der Waals surface area contributed by atoms with E-state index in [0.29, 0.717) is 11.1 Å². The smallest absolute Gasteiger partial charge is 0.459 e. The minimum Gasteiger partial charge on any atom is -0.464 e. The number of para-hydroxylation sites is 1. The highest BCUT2D eigenvalue weighted by Crippen LogP contribution is 2.48. The predicted molar refractivity (Wildman–Crippen MR) is 187 cm³/mol. The molecule has 2 aromatic carbocycles. The van der Waals surface area contributed by atoms with E-state index < -0.39 is 62.3 Å². The molecule has 6 N–H and O–H groups in total. The second-order valence-corrected chi connectivity index (χ2v) is 14.0. The number of nitrogen functional groups attached to an aromatic ring is 1. The van der Waals surface area contributed by atoms with Crippen LogP contribution in [0.15, 0.2) is 79.1 Å². The number of fused-ring (bicyclic) bond motifs is 1. The van der Waals surface area contributed by atoms with Crippen LogP contribution in [0.4, 0.5) is 5.82 Å². The second-order valence-electron chi connectivity index (χ2n) is 12.3. The number of rotatable bonds is 16. The maximum absolute atomic E-state index is 14.3. The number of aliphatic hydroxyl groups is 1. The first-order valence-electron chi connectivity index (χ1n) is 16.8. The molecule has 52 heavy (non-hydrogen) atoms. The van der Waals surface area contributed by atoms with Gasteiger partial charge in [-0.05, 0) is 42.7 Å². The molecule has 16 nitrogen and oxygen atoms in total. The van der Waals surface area contributed by atoms with E-state index in [2.05, 4.69) is 15.2 Å². The zero-order valence-electron chi connectivity index (χ0n) is 28.9. The molecule has 5 rings (SSSR count). The zero-order valence-corrected chi connectivity index (χ0v) is 29.8. The number of anilines is 1. The molecule has 1 aliphatic heterocycles. The van der Waals surface area contributed by atoms with E-state index in [4.69, 9.17) is 34.7 Å². The summed E-state index contributed by atoms with van der Waals surface area (Å²) >= 11 is 0. The fraction of sp³-hybridized carbons (Fsp3) is 0.400. The summed E-state index contributed by atoms with van der Waals surface area (Å²) in [6.07, 6.45) is -2.12. The van der Waals surface area contributed by atoms with E-state index in [1.807, 2.05) is 19.9 Å². The number of esters is 2. The lowest BCUT2D eigenvalue weighted by Crippen LogP contribution is -2.45. The van der Waals surface area contributed by atoms with Crippen molar-refractivity contribution in [3.05, 3.63) is 90.4 Å². The maximum Gasteiger partial charge on any atom is 0.459 e. The third kappa shape index (κ3) is 8.26. The Morgan fingerprint density at radius 1 is 1.10 bits per heavy atom. The average Bonchev–Trinajstić information content (AvgIpc) is 3.71. The Balaban J connectivity index is 1.44. The Hall–Kier alpha value is -4.88. The number of carbonyl (C=O) groups excluding carboxylic acids is 2. The summed E-state index contributed by atoms with van der Waals surface area (Å²) in [5.41, 5.74) is 10.8. The molecule has 1 aliphatic rings. The molecule has 0 radical (unpaired) electrons. The monoisotopic (exact) mass is 735 g/mol. The molecule has 7 unspecified atom stereocenters. The largest absolute Gasteiger partial charge is 0.464 e. The lowest BCUT2D eigenvalue weighted by molar-refractivity contribution is -0.162. The highest BCUT2D eigenvalue weighted by Gasteiger charge is 2.61. The summed E-state index contributed by atoms with van der Waals surface area (Å²) in [4.78, 5) is 30.3. The molecule has 17 heteroatoms. The van der Waals surface area contributed by atoms with Crippen molar-refractivity contribution in [3.63, 3.8) is 0 Å². The number of carbonyl (C=O) groups is 2. The highest BCUT2D eigenvalue weighted by atomic mass is 31.2. The van der Waals surface area contributed by atoms with Crippen molar-refractivity contribution >= 4 is 31.0 Å². The third-order valence-electron chi connectivity index (χ3n) is 8.81. The number of hydrogen-bond acceptors (Lipinski definition) is 14. The molecule has 1 fully saturated rings. The van der Waals surface area contributed by atoms with Crippen LogP contribution >= 0.6 is 7.75 Å². The predicted octanol–water partition coefficient (Wildman–Crippen LogP) is 3.56. The molecule has 276 valence electrons. The minimum absolute atomic E-state index is 0.0439. The number of aromatic nitrogens is 3. The molecular weight excluding hydrogens is 693 g/mol. The lowest BCUT2D eigenvalue weighted by atomic mass is 9.92. The first-order valence-corrected chi connectivity index (χ1v) is 18.3. The van der Waals surface area contributed by atoms with Crippen molar-refractivity contribution in [1.82, 2.24) is 19.7 Å². The summed E-state index contributed by atoms with van der Waals surface area (Å²) in [6, 6.07) is 19.1. The number of aliphatic hydroxyl groups excluding tert-OH is 1. The molecule has 0 spiro atoms. The van der Waals surface area contributed by atoms with E-state index in [1.165, 1.54) is 35.7 Å². The van der Waals surface area contributed by atoms with Gasteiger partial charge in [-0.25, -0.2) is 18.9 Å². The first kappa shape index (κ1) is 38.4. The summed E-state index contributed by atoms with van der Waals surface area (Å²) in [7, 11) is -4.45. The Bertz CT molecular complexity index is 1920. The normalized spacial score (nSPS) is 22.3. The molecule has 2 aromatic heterocycles. The third-order valence-corrected chi connectivity index (χ3v) is 10.5. The molecule has 0 saturated carbocycles. The summed E-state index contributed by atoms with van der Waals surface area (Å²) in [5.74, 6) is -1.25. The second kappa shape index (κ2) is 16.6. The number of ether oxygens (including phenoxy) is 3. The maximum atomic E-state index is 14.3. The van der Waals surface area contributed by atoms with Crippen molar-refractivity contribution in [3.8, 4) is 11.8 Å². The molecule has 4 aromatic rings. The summed E-state index contributed by atoms with van der Waals surface area (Å²) in [5, 5.41) is 29.2. The number of nitrogens with zero attached hydrogens (tertiary/aromatic N) is 4. The Kier molecular flexibility index (Phi) is 12.3. The van der Waals surface area contributed by atoms with E-state index in [-0.39, 0.29) is 29.8 Å². The molecule has 1 saturated heterocycles. The van der Waals surface area contributed by atoms with Gasteiger partial charge in [-0.15, -0.1) is 0 Å². The highest BCUT2D eigenvalue weighted by molar-refractivity contribution is 7.52. The molecule has 0 amide bonds. The van der Waals surface area contributed by atoms with Gasteiger partial charge in [0.05, 0.1) is 18.9 Å². The quantitative estimate of drug-likeness (QED) is 0.0951. The Labute approximate surface area is 300 Å². The number of benzene rings is 2. The van der Waals surface area contributed by atoms with Gasteiger partial charge in [0.1, 0.15) is 48.0 Å². The van der Waals surface area contributed by atoms with Crippen LogP contribution in [0.1, 0.15) is 50.9 Å². The average molecular weight is 736 g/mol. The van der Waals surface area contributed by atoms with Crippen LogP contribution < -0.4 is 21.1 Å². The van der Waals surface area contributed by atoms with Crippen molar-refractivity contribution < 1.29 is 42.5 Å². The van der Waals surface area contributed by atoms with Crippen LogP contribution in [-0.4, -0.2) is 69.2 Å². The van der Waals surface area contributed by atoms with Crippen molar-refractivity contribution in [1.29, 1.82) is 5.26 Å². The van der Waals surface area contributed by atoms with Crippen LogP contribution in [-0.2, 0) is 38.5 Å². The minimum atomic E-state index is -4.45. The lowest BCUT2D eigenvalue weighted by Gasteiger charge is -2.28. The van der Waals surface area contributed by atoms with Crippen LogP contribution in [0.25, 0.3) is 5.52 Å². The van der Waals surface area contributed by atoms with Crippen LogP contribution in [0, 0.1) is 17.2 Å². The van der Waals surface area contributed by atoms with E-state index in [1.54, 1.807) is 48.5 Å². The zero-order chi connectivity index (χ0) is 37.5. The van der Waals surface area contributed by atoms with E-state index in [9.17, 15) is 24.5 Å². The fourth-order valence-electron chi connectivity index (χ4n) is 5.70. The van der Waals surface area contributed by atoms with Gasteiger partial charge < -0.3 is 35.3 Å². The van der Waals surface area contributed by atoms with E-state index >= 15 is 0 Å². The molecule has 7 atom stereocenters. The van der Waals surface area contributed by atoms with E-state index in [0.717, 1.165) is 19.2 Å². The van der Waals surface area contributed by atoms with Gasteiger partial charge in [0.15, 0.2) is 11.9 Å². The Morgan fingerprint density at radius 3 is 2.42 bits per heavy atom. The summed E-state index contributed by atoms with van der Waals surface area (Å²) in [6.45, 7) is 4.94. The molecular formula is C35H42N7O9P. The Morgan fingerprint density at radius 2 is 1.77 bits per heavy atom. The SMILES string of the molecule is CCC(CC)COC(=O)C(C)NP(=O)(OCC1OC(C#N)(c2ccc3c(N)ncnn23)C(OC(=O)C(N)c2ccccc2)C1O)Oc1ccccc1. The van der Waals surface area contributed by atoms with Gasteiger partial charge in [0, 0.05) is 0 Å². The number of nitriles is 1. The van der Waals surface area contributed by atoms with Crippen LogP contribution in [0.5, 0.6) is 5.75 Å². The van der Waals surface area contributed by atoms with Gasteiger partial charge in [0.25, 0.3) is 0 Å². The van der Waals surface area contributed by atoms with Crippen molar-refractivity contribution in [2.24, 2.45) is 11.7 Å². The molecule has 0 aliphatic carbocycles. The fourth-order valence-corrected chi connectivity index (χ4v) is 7.20. The number of nitrogens with one attached hydrogen (secondary N) is 1. The number of nitrogens with two attached hydrogens (primary N) is 2. The summed E-state index contributed by atoms with van der Waals surface area (Å²) < 4.78 is 44.6. The standard InChI is InChI=1S/C35H42N7O9P/c1-4-23(5-2)18-47-33(44)22(3)41-52(46,51-25-14-10-7-11-15-25)48-19-27-30(43)31(49-34(45)29(37)24-12-8-6-9-13-24)35(20-36,50-27)28-17-16-26-32(38)39-21-40-42(26)28/h6-17,21-23,27,29-31,43H,4-5,18-19,37H2,1-3H3,(H,41,46)(H2,38,39,40). The number of hydrogen-bond donors (Lipinski definition) is 4. The van der Waals surface area contributed by atoms with Gasteiger partial charge in [-0.2, -0.15) is 15.4 Å². The molecule has 0 bridgehead atoms. The topological polar surface area (TPSA) is 236 Å². The van der Waals surface area contributed by atoms with Crippen LogP contribution in [0.3, 0.4) is 0 Å². The van der Waals surface area contributed by atoms with Crippen LogP contribution in [0.2, 0.25) is 0 Å². The van der Waals surface area contributed by atoms with Gasteiger partial charge in [-0.3, -0.25) is 9.32 Å². The first-order chi connectivity index (χ1) is 24.9.